The van der Waals surface area contributed by atoms with E-state index in [0.29, 0.717) is 16.3 Å². The van der Waals surface area contributed by atoms with Gasteiger partial charge in [0.2, 0.25) is 0 Å². The van der Waals surface area contributed by atoms with Crippen LogP contribution in [0.4, 0.5) is 5.69 Å². The number of ketones is 1. The summed E-state index contributed by atoms with van der Waals surface area (Å²) in [5.41, 5.74) is 1.78. The number of fused-ring (bicyclic) bond motifs is 2. The predicted octanol–water partition coefficient (Wildman–Crippen LogP) is 7.27. The van der Waals surface area contributed by atoms with Gasteiger partial charge in [0.25, 0.3) is 11.7 Å². The number of rotatable bonds is 3. The van der Waals surface area contributed by atoms with Crippen LogP contribution in [0.3, 0.4) is 0 Å². The molecule has 1 fully saturated rings. The molecule has 0 aliphatic carbocycles. The molecule has 1 atom stereocenters. The lowest BCUT2D eigenvalue weighted by atomic mass is 9.90. The zero-order valence-corrected chi connectivity index (χ0v) is 19.8. The Morgan fingerprint density at radius 2 is 1.33 bits per heavy atom. The number of aliphatic hydroxyl groups excluding tert-OH is 1. The number of carbonyl (C=O) groups excluding carboxylic acids is 2. The van der Waals surface area contributed by atoms with Crippen molar-refractivity contribution in [1.29, 1.82) is 0 Å². The minimum absolute atomic E-state index is 0.0488. The lowest BCUT2D eigenvalue weighted by Gasteiger charge is -2.26. The third kappa shape index (κ3) is 3.46. The second-order valence-corrected chi connectivity index (χ2v) is 9.18. The fraction of sp³-hybridized carbons (Fsp3) is 0.0323. The van der Waals surface area contributed by atoms with Crippen LogP contribution in [0.5, 0.6) is 0 Å². The van der Waals surface area contributed by atoms with Crippen LogP contribution >= 0.6 is 11.6 Å². The van der Waals surface area contributed by atoms with Crippen molar-refractivity contribution in [2.24, 2.45) is 0 Å². The Morgan fingerprint density at radius 1 is 0.722 bits per heavy atom. The van der Waals surface area contributed by atoms with E-state index in [0.717, 1.165) is 27.1 Å². The quantitative estimate of drug-likeness (QED) is 0.165. The molecule has 5 heteroatoms. The van der Waals surface area contributed by atoms with E-state index >= 15 is 0 Å². The molecule has 0 aromatic heterocycles. The Bertz CT molecular complexity index is 1710. The fourth-order valence-electron chi connectivity index (χ4n) is 5.08. The number of Topliss-reactive ketones (excluding diaryl/α,β-unsaturated/α-hetero) is 1. The average Bonchev–Trinajstić information content (AvgIpc) is 3.17. The number of aliphatic hydroxyl groups is 1. The van der Waals surface area contributed by atoms with Crippen LogP contribution in [-0.4, -0.2) is 16.8 Å². The standard InChI is InChI=1S/C31H20ClNO3/c32-21-12-7-13-22(18-21)33-28(25-16-5-10-19-8-1-3-14-23(19)25)27(30(35)31(33)36)29(34)26-17-6-11-20-9-2-4-15-24(20)26/h1-18,28,34H/b29-27+. The lowest BCUT2D eigenvalue weighted by molar-refractivity contribution is -0.132. The Morgan fingerprint density at radius 3 is 2.08 bits per heavy atom. The topological polar surface area (TPSA) is 57.6 Å². The van der Waals surface area contributed by atoms with Crippen LogP contribution in [0.1, 0.15) is 17.2 Å². The highest BCUT2D eigenvalue weighted by Gasteiger charge is 2.47. The third-order valence-electron chi connectivity index (χ3n) is 6.69. The predicted molar refractivity (Wildman–Crippen MR) is 144 cm³/mol. The van der Waals surface area contributed by atoms with E-state index in [1.807, 2.05) is 78.9 Å². The average molecular weight is 490 g/mol. The minimum Gasteiger partial charge on any atom is -0.507 e. The van der Waals surface area contributed by atoms with Gasteiger partial charge in [-0.25, -0.2) is 0 Å². The molecular formula is C31H20ClNO3. The molecule has 1 aliphatic heterocycles. The van der Waals surface area contributed by atoms with Crippen LogP contribution in [0, 0.1) is 0 Å². The van der Waals surface area contributed by atoms with Crippen molar-refractivity contribution in [3.8, 4) is 0 Å². The second kappa shape index (κ2) is 8.67. The molecule has 36 heavy (non-hydrogen) atoms. The smallest absolute Gasteiger partial charge is 0.300 e. The van der Waals surface area contributed by atoms with Gasteiger partial charge in [-0.05, 0) is 45.3 Å². The SMILES string of the molecule is O=C1C(=O)N(c2cccc(Cl)c2)C(c2cccc3ccccc23)/C1=C(\O)c1cccc2ccccc12. The van der Waals surface area contributed by atoms with Gasteiger partial charge < -0.3 is 5.11 Å². The van der Waals surface area contributed by atoms with Crippen LogP contribution < -0.4 is 4.90 Å². The maximum atomic E-state index is 13.6. The molecule has 0 bridgehead atoms. The van der Waals surface area contributed by atoms with Crippen LogP contribution in [0.15, 0.2) is 115 Å². The summed E-state index contributed by atoms with van der Waals surface area (Å²) in [4.78, 5) is 28.6. The van der Waals surface area contributed by atoms with Gasteiger partial charge in [0.15, 0.2) is 0 Å². The van der Waals surface area contributed by atoms with E-state index < -0.39 is 17.7 Å². The van der Waals surface area contributed by atoms with E-state index in [1.165, 1.54) is 4.90 Å². The van der Waals surface area contributed by atoms with Gasteiger partial charge in [-0.2, -0.15) is 0 Å². The lowest BCUT2D eigenvalue weighted by Crippen LogP contribution is -2.29. The Balaban J connectivity index is 1.68. The van der Waals surface area contributed by atoms with Crippen molar-refractivity contribution < 1.29 is 14.7 Å². The fourth-order valence-corrected chi connectivity index (χ4v) is 5.27. The van der Waals surface area contributed by atoms with Gasteiger partial charge >= 0.3 is 0 Å². The van der Waals surface area contributed by atoms with Crippen molar-refractivity contribution in [3.05, 3.63) is 131 Å². The Labute approximate surface area is 212 Å². The molecule has 6 rings (SSSR count). The van der Waals surface area contributed by atoms with Gasteiger partial charge in [0, 0.05) is 16.3 Å². The minimum atomic E-state index is -0.839. The van der Waals surface area contributed by atoms with E-state index in [2.05, 4.69) is 0 Å². The molecule has 0 radical (unpaired) electrons. The summed E-state index contributed by atoms with van der Waals surface area (Å²) >= 11 is 6.27. The van der Waals surface area contributed by atoms with Crippen LogP contribution in [0.2, 0.25) is 5.02 Å². The van der Waals surface area contributed by atoms with Crippen LogP contribution in [0.25, 0.3) is 27.3 Å². The maximum Gasteiger partial charge on any atom is 0.300 e. The first-order valence-electron chi connectivity index (χ1n) is 11.6. The van der Waals surface area contributed by atoms with Gasteiger partial charge in [-0.1, -0.05) is 103 Å². The molecule has 1 amide bonds. The summed E-state index contributed by atoms with van der Waals surface area (Å²) in [6.07, 6.45) is 0. The van der Waals surface area contributed by atoms with Crippen molar-refractivity contribution in [1.82, 2.24) is 0 Å². The number of nitrogens with zero attached hydrogens (tertiary/aromatic N) is 1. The van der Waals surface area contributed by atoms with Gasteiger partial charge in [0.05, 0.1) is 11.6 Å². The monoisotopic (exact) mass is 489 g/mol. The molecule has 5 aromatic carbocycles. The first-order chi connectivity index (χ1) is 17.5. The molecule has 4 nitrogen and oxygen atoms in total. The first kappa shape index (κ1) is 22.1. The molecule has 1 aliphatic rings. The number of amides is 1. The zero-order chi connectivity index (χ0) is 24.8. The number of benzene rings is 5. The van der Waals surface area contributed by atoms with Gasteiger partial charge in [-0.3, -0.25) is 14.5 Å². The summed E-state index contributed by atoms with van der Waals surface area (Å²) in [5, 5.41) is 15.7. The molecule has 1 saturated heterocycles. The summed E-state index contributed by atoms with van der Waals surface area (Å²) < 4.78 is 0. The van der Waals surface area contributed by atoms with E-state index in [9.17, 15) is 14.7 Å². The van der Waals surface area contributed by atoms with Gasteiger partial charge in [0.1, 0.15) is 5.76 Å². The Kier molecular flexibility index (Phi) is 5.32. The summed E-state index contributed by atoms with van der Waals surface area (Å²) in [5.74, 6) is -1.65. The largest absolute Gasteiger partial charge is 0.507 e. The second-order valence-electron chi connectivity index (χ2n) is 8.74. The number of halogens is 1. The highest BCUT2D eigenvalue weighted by atomic mass is 35.5. The van der Waals surface area contributed by atoms with Crippen molar-refractivity contribution in [2.45, 2.75) is 6.04 Å². The number of hydrogen-bond acceptors (Lipinski definition) is 3. The molecule has 1 unspecified atom stereocenters. The number of hydrogen-bond donors (Lipinski definition) is 1. The molecule has 0 spiro atoms. The Hall–Kier alpha value is -4.41. The maximum absolute atomic E-state index is 13.6. The van der Waals surface area contributed by atoms with E-state index in [-0.39, 0.29) is 11.3 Å². The van der Waals surface area contributed by atoms with E-state index in [1.54, 1.807) is 30.3 Å². The molecule has 0 saturated carbocycles. The third-order valence-corrected chi connectivity index (χ3v) is 6.93. The summed E-state index contributed by atoms with van der Waals surface area (Å²) in [6, 6.07) is 32.8. The molecule has 5 aromatic rings. The zero-order valence-electron chi connectivity index (χ0n) is 19.1. The first-order valence-corrected chi connectivity index (χ1v) is 11.9. The molecule has 1 heterocycles. The molecule has 174 valence electrons. The highest BCUT2D eigenvalue weighted by Crippen LogP contribution is 2.45. The molecule has 1 N–H and O–H groups in total. The van der Waals surface area contributed by atoms with Crippen molar-refractivity contribution in [3.63, 3.8) is 0 Å². The molecular weight excluding hydrogens is 470 g/mol. The normalized spacial score (nSPS) is 17.2. The number of carbonyl (C=O) groups is 2. The van der Waals surface area contributed by atoms with Gasteiger partial charge in [-0.15, -0.1) is 0 Å². The van der Waals surface area contributed by atoms with Crippen LogP contribution in [-0.2, 0) is 9.59 Å². The number of anilines is 1. The summed E-state index contributed by atoms with van der Waals surface area (Å²) in [6.45, 7) is 0. The highest BCUT2D eigenvalue weighted by molar-refractivity contribution is 6.52. The van der Waals surface area contributed by atoms with Crippen molar-refractivity contribution >= 4 is 56.3 Å². The van der Waals surface area contributed by atoms with E-state index in [4.69, 9.17) is 11.6 Å². The summed E-state index contributed by atoms with van der Waals surface area (Å²) in [7, 11) is 0. The van der Waals surface area contributed by atoms with Crippen molar-refractivity contribution in [2.75, 3.05) is 4.90 Å².